The fourth-order valence-corrected chi connectivity index (χ4v) is 2.01. The normalized spacial score (nSPS) is 16.2. The highest BCUT2D eigenvalue weighted by Gasteiger charge is 2.09. The van der Waals surface area contributed by atoms with Gasteiger partial charge in [-0.15, -0.1) is 0 Å². The summed E-state index contributed by atoms with van der Waals surface area (Å²) in [4.78, 5) is 13.9. The number of hydrogen-bond acceptors (Lipinski definition) is 4. The second-order valence-corrected chi connectivity index (χ2v) is 4.56. The number of ether oxygens (including phenoxy) is 1. The monoisotopic (exact) mass is 263 g/mol. The van der Waals surface area contributed by atoms with Crippen molar-refractivity contribution in [2.24, 2.45) is 0 Å². The van der Waals surface area contributed by atoms with Crippen LogP contribution in [0.25, 0.3) is 0 Å². The summed E-state index contributed by atoms with van der Waals surface area (Å²) in [6, 6.07) is 9.42. The molecule has 5 heteroatoms. The van der Waals surface area contributed by atoms with E-state index in [1.807, 2.05) is 30.3 Å². The Balaban J connectivity index is 1.56. The number of amides is 1. The number of para-hydroxylation sites is 1. The molecule has 5 nitrogen and oxygen atoms in total. The summed E-state index contributed by atoms with van der Waals surface area (Å²) in [6.45, 7) is 5.78. The first-order chi connectivity index (χ1) is 9.34. The van der Waals surface area contributed by atoms with Crippen LogP contribution in [0.4, 0.5) is 5.69 Å². The molecule has 2 N–H and O–H groups in total. The van der Waals surface area contributed by atoms with Gasteiger partial charge >= 0.3 is 0 Å². The van der Waals surface area contributed by atoms with E-state index < -0.39 is 0 Å². The van der Waals surface area contributed by atoms with E-state index >= 15 is 0 Å². The topological polar surface area (TPSA) is 53.6 Å². The zero-order valence-electron chi connectivity index (χ0n) is 11.1. The van der Waals surface area contributed by atoms with Crippen LogP contribution in [0.5, 0.6) is 0 Å². The van der Waals surface area contributed by atoms with Gasteiger partial charge in [-0.25, -0.2) is 0 Å². The fraction of sp³-hybridized carbons (Fsp3) is 0.500. The van der Waals surface area contributed by atoms with Crippen LogP contribution >= 0.6 is 0 Å². The molecule has 1 aromatic carbocycles. The number of benzene rings is 1. The first-order valence-electron chi connectivity index (χ1n) is 6.70. The first kappa shape index (κ1) is 14.0. The van der Waals surface area contributed by atoms with Crippen LogP contribution in [0.2, 0.25) is 0 Å². The Bertz CT molecular complexity index is 378. The maximum Gasteiger partial charge on any atom is 0.250 e. The molecule has 0 aliphatic carbocycles. The van der Waals surface area contributed by atoms with Crippen molar-refractivity contribution < 1.29 is 9.53 Å². The molecule has 0 saturated carbocycles. The van der Waals surface area contributed by atoms with Gasteiger partial charge < -0.3 is 15.4 Å². The lowest BCUT2D eigenvalue weighted by Gasteiger charge is -2.26. The van der Waals surface area contributed by atoms with E-state index in [4.69, 9.17) is 4.74 Å². The van der Waals surface area contributed by atoms with Crippen LogP contribution < -0.4 is 10.6 Å². The quantitative estimate of drug-likeness (QED) is 0.736. The summed E-state index contributed by atoms with van der Waals surface area (Å²) in [5.41, 5.74) is 0.804. The number of anilines is 1. The highest BCUT2D eigenvalue weighted by Crippen LogP contribution is 2.04. The lowest BCUT2D eigenvalue weighted by Crippen LogP contribution is -2.44. The Kier molecular flexibility index (Phi) is 5.81. The molecule has 104 valence electrons. The molecule has 0 atom stereocenters. The Morgan fingerprint density at radius 1 is 1.26 bits per heavy atom. The van der Waals surface area contributed by atoms with Crippen molar-refractivity contribution in [2.45, 2.75) is 0 Å². The summed E-state index contributed by atoms with van der Waals surface area (Å²) in [5.74, 6) is -0.105. The molecular weight excluding hydrogens is 242 g/mol. The van der Waals surface area contributed by atoms with Gasteiger partial charge in [-0.2, -0.15) is 0 Å². The number of nitrogens with zero attached hydrogens (tertiary/aromatic N) is 1. The third-order valence-electron chi connectivity index (χ3n) is 3.05. The van der Waals surface area contributed by atoms with Crippen LogP contribution in [0, 0.1) is 0 Å². The van der Waals surface area contributed by atoms with E-state index in [-0.39, 0.29) is 12.5 Å². The lowest BCUT2D eigenvalue weighted by molar-refractivity contribution is -0.120. The molecule has 0 spiro atoms. The van der Waals surface area contributed by atoms with Gasteiger partial charge in [0.15, 0.2) is 0 Å². The third kappa shape index (κ3) is 5.38. The van der Waals surface area contributed by atoms with Crippen molar-refractivity contribution in [3.8, 4) is 0 Å². The standard InChI is InChI=1S/C14H21N3O2/c18-14(16-13-4-2-1-3-5-13)12-19-11-10-17-8-6-15-7-9-17/h1-5,15H,6-12H2,(H,16,18). The predicted molar refractivity (Wildman–Crippen MR) is 75.2 cm³/mol. The molecule has 2 rings (SSSR count). The molecule has 1 amide bonds. The van der Waals surface area contributed by atoms with Gasteiger partial charge in [0.2, 0.25) is 5.91 Å². The highest BCUT2D eigenvalue weighted by molar-refractivity contribution is 5.91. The minimum absolute atomic E-state index is 0.105. The zero-order chi connectivity index (χ0) is 13.3. The minimum Gasteiger partial charge on any atom is -0.370 e. The van der Waals surface area contributed by atoms with Crippen molar-refractivity contribution in [1.82, 2.24) is 10.2 Å². The average molecular weight is 263 g/mol. The maximum atomic E-state index is 11.6. The van der Waals surface area contributed by atoms with Crippen molar-refractivity contribution in [3.05, 3.63) is 30.3 Å². The molecule has 1 fully saturated rings. The van der Waals surface area contributed by atoms with Crippen molar-refractivity contribution in [3.63, 3.8) is 0 Å². The van der Waals surface area contributed by atoms with E-state index in [1.165, 1.54) is 0 Å². The van der Waals surface area contributed by atoms with Gasteiger partial charge in [0.1, 0.15) is 6.61 Å². The van der Waals surface area contributed by atoms with E-state index in [9.17, 15) is 4.79 Å². The molecule has 1 saturated heterocycles. The largest absolute Gasteiger partial charge is 0.370 e. The van der Waals surface area contributed by atoms with E-state index in [0.29, 0.717) is 6.61 Å². The molecule has 1 aliphatic rings. The lowest BCUT2D eigenvalue weighted by atomic mass is 10.3. The van der Waals surface area contributed by atoms with Crippen LogP contribution in [0.3, 0.4) is 0 Å². The van der Waals surface area contributed by atoms with Gasteiger partial charge in [-0.1, -0.05) is 18.2 Å². The summed E-state index contributed by atoms with van der Waals surface area (Å²) < 4.78 is 5.40. The Morgan fingerprint density at radius 2 is 2.00 bits per heavy atom. The fourth-order valence-electron chi connectivity index (χ4n) is 2.01. The van der Waals surface area contributed by atoms with Crippen LogP contribution in [-0.4, -0.2) is 56.7 Å². The Hall–Kier alpha value is -1.43. The van der Waals surface area contributed by atoms with Gasteiger partial charge in [-0.05, 0) is 12.1 Å². The second kappa shape index (κ2) is 7.89. The van der Waals surface area contributed by atoms with E-state index in [1.54, 1.807) is 0 Å². The SMILES string of the molecule is O=C(COCCN1CCNCC1)Nc1ccccc1. The van der Waals surface area contributed by atoms with Crippen LogP contribution in [0.15, 0.2) is 30.3 Å². The van der Waals surface area contributed by atoms with E-state index in [2.05, 4.69) is 15.5 Å². The number of hydrogen-bond donors (Lipinski definition) is 2. The zero-order valence-corrected chi connectivity index (χ0v) is 11.1. The average Bonchev–Trinajstić information content (AvgIpc) is 2.46. The molecule has 0 radical (unpaired) electrons. The minimum atomic E-state index is -0.105. The summed E-state index contributed by atoms with van der Waals surface area (Å²) in [5, 5.41) is 6.10. The molecule has 1 aliphatic heterocycles. The third-order valence-corrected chi connectivity index (χ3v) is 3.05. The predicted octanol–water partition coefficient (Wildman–Crippen LogP) is 0.547. The number of nitrogens with one attached hydrogen (secondary N) is 2. The van der Waals surface area contributed by atoms with Gasteiger partial charge in [0.25, 0.3) is 0 Å². The molecule has 1 heterocycles. The molecule has 0 unspecified atom stereocenters. The molecule has 19 heavy (non-hydrogen) atoms. The number of rotatable bonds is 6. The molecular formula is C14H21N3O2. The number of carbonyl (C=O) groups is 1. The van der Waals surface area contributed by atoms with E-state index in [0.717, 1.165) is 38.4 Å². The van der Waals surface area contributed by atoms with Crippen LogP contribution in [0.1, 0.15) is 0 Å². The number of carbonyl (C=O) groups excluding carboxylic acids is 1. The van der Waals surface area contributed by atoms with Gasteiger partial charge in [0, 0.05) is 38.4 Å². The Morgan fingerprint density at radius 3 is 2.74 bits per heavy atom. The molecule has 0 bridgehead atoms. The first-order valence-corrected chi connectivity index (χ1v) is 6.70. The van der Waals surface area contributed by atoms with Crippen molar-refractivity contribution in [1.29, 1.82) is 0 Å². The van der Waals surface area contributed by atoms with Gasteiger partial charge in [-0.3, -0.25) is 9.69 Å². The molecule has 1 aromatic rings. The summed E-state index contributed by atoms with van der Waals surface area (Å²) in [7, 11) is 0. The number of piperazine rings is 1. The van der Waals surface area contributed by atoms with Gasteiger partial charge in [0.05, 0.1) is 6.61 Å². The van der Waals surface area contributed by atoms with Crippen molar-refractivity contribution in [2.75, 3.05) is 51.3 Å². The second-order valence-electron chi connectivity index (χ2n) is 4.56. The summed E-state index contributed by atoms with van der Waals surface area (Å²) in [6.07, 6.45) is 0. The Labute approximate surface area is 113 Å². The summed E-state index contributed by atoms with van der Waals surface area (Å²) >= 11 is 0. The maximum absolute atomic E-state index is 11.6. The van der Waals surface area contributed by atoms with Crippen molar-refractivity contribution >= 4 is 11.6 Å². The smallest absolute Gasteiger partial charge is 0.250 e. The van der Waals surface area contributed by atoms with Crippen LogP contribution in [-0.2, 0) is 9.53 Å². The molecule has 0 aromatic heterocycles. The highest BCUT2D eigenvalue weighted by atomic mass is 16.5.